The molecule has 1 amide bonds. The molecule has 2 aliphatic rings. The molecule has 0 saturated carbocycles. The first-order valence-electron chi connectivity index (χ1n) is 8.52. The Morgan fingerprint density at radius 3 is 2.46 bits per heavy atom. The number of halogens is 1. The molecule has 126 valence electrons. The van der Waals surface area contributed by atoms with Gasteiger partial charge in [-0.3, -0.25) is 9.89 Å². The number of amides is 1. The third kappa shape index (κ3) is 2.94. The number of likely N-dealkylation sites (tertiary alicyclic amines) is 1. The number of aromatic amines is 1. The summed E-state index contributed by atoms with van der Waals surface area (Å²) in [6.45, 7) is 3.75. The molecule has 2 atom stereocenters. The average Bonchev–Trinajstić information content (AvgIpc) is 3.21. The largest absolute Gasteiger partial charge is 0.337 e. The van der Waals surface area contributed by atoms with E-state index in [1.54, 1.807) is 18.2 Å². The summed E-state index contributed by atoms with van der Waals surface area (Å²) < 4.78 is 13.0. The zero-order valence-corrected chi connectivity index (χ0v) is 13.5. The summed E-state index contributed by atoms with van der Waals surface area (Å²) in [6, 6.07) is 7.88. The number of fused-ring (bicyclic) bond motifs is 1. The number of rotatable bonds is 2. The van der Waals surface area contributed by atoms with Crippen molar-refractivity contribution in [2.24, 2.45) is 11.8 Å². The fourth-order valence-corrected chi connectivity index (χ4v) is 3.79. The van der Waals surface area contributed by atoms with Gasteiger partial charge in [0.2, 0.25) is 0 Å². The quantitative estimate of drug-likeness (QED) is 0.889. The Labute approximate surface area is 140 Å². The van der Waals surface area contributed by atoms with Crippen LogP contribution in [-0.4, -0.2) is 47.2 Å². The van der Waals surface area contributed by atoms with E-state index in [1.807, 2.05) is 4.90 Å². The van der Waals surface area contributed by atoms with Gasteiger partial charge in [0, 0.05) is 18.7 Å². The summed E-state index contributed by atoms with van der Waals surface area (Å²) in [7, 11) is 0. The third-order valence-corrected chi connectivity index (χ3v) is 5.25. The van der Waals surface area contributed by atoms with Crippen LogP contribution in [0.25, 0.3) is 11.3 Å². The van der Waals surface area contributed by atoms with Crippen molar-refractivity contribution < 1.29 is 9.18 Å². The van der Waals surface area contributed by atoms with Crippen molar-refractivity contribution in [1.29, 1.82) is 0 Å². The highest BCUT2D eigenvalue weighted by atomic mass is 19.1. The van der Waals surface area contributed by atoms with E-state index in [4.69, 9.17) is 0 Å². The number of benzene rings is 1. The van der Waals surface area contributed by atoms with Crippen LogP contribution in [-0.2, 0) is 0 Å². The monoisotopic (exact) mass is 328 g/mol. The summed E-state index contributed by atoms with van der Waals surface area (Å²) in [5, 5.41) is 10.5. The Hall–Kier alpha value is -2.21. The lowest BCUT2D eigenvalue weighted by Crippen LogP contribution is -2.33. The standard InChI is InChI=1S/C18H21FN4O/c19-15-3-1-12(2-4-15)16-9-17(22-21-16)18(24)23-7-5-13-10-20-11-14(13)6-8-23/h1-4,9,13-14,20H,5-8,10-11H2,(H,21,22)/t13-,14+. The Morgan fingerprint density at radius 1 is 1.12 bits per heavy atom. The highest BCUT2D eigenvalue weighted by molar-refractivity contribution is 5.93. The third-order valence-electron chi connectivity index (χ3n) is 5.25. The second-order valence-electron chi connectivity index (χ2n) is 6.72. The summed E-state index contributed by atoms with van der Waals surface area (Å²) >= 11 is 0. The van der Waals surface area contributed by atoms with Crippen molar-refractivity contribution in [1.82, 2.24) is 20.4 Å². The molecule has 2 fully saturated rings. The van der Waals surface area contributed by atoms with E-state index >= 15 is 0 Å². The summed E-state index contributed by atoms with van der Waals surface area (Å²) in [5.74, 6) is 1.11. The lowest BCUT2D eigenvalue weighted by Gasteiger charge is -2.19. The van der Waals surface area contributed by atoms with Gasteiger partial charge in [0.15, 0.2) is 0 Å². The van der Waals surface area contributed by atoms with Crippen LogP contribution in [0.4, 0.5) is 4.39 Å². The number of carbonyl (C=O) groups excluding carboxylic acids is 1. The van der Waals surface area contributed by atoms with E-state index in [0.717, 1.165) is 44.6 Å². The maximum atomic E-state index is 13.0. The average molecular weight is 328 g/mol. The number of nitrogens with one attached hydrogen (secondary N) is 2. The number of H-pyrrole nitrogens is 1. The topological polar surface area (TPSA) is 61.0 Å². The van der Waals surface area contributed by atoms with E-state index in [0.29, 0.717) is 23.2 Å². The van der Waals surface area contributed by atoms with Crippen molar-refractivity contribution in [2.45, 2.75) is 12.8 Å². The molecular weight excluding hydrogens is 307 g/mol. The fraction of sp³-hybridized carbons (Fsp3) is 0.444. The van der Waals surface area contributed by atoms with Crippen LogP contribution < -0.4 is 5.32 Å². The zero-order valence-electron chi connectivity index (χ0n) is 13.5. The van der Waals surface area contributed by atoms with Gasteiger partial charge in [-0.2, -0.15) is 5.10 Å². The first kappa shape index (κ1) is 15.3. The Bertz CT molecular complexity index is 713. The number of hydrogen-bond donors (Lipinski definition) is 2. The molecule has 0 unspecified atom stereocenters. The van der Waals surface area contributed by atoms with Crippen LogP contribution in [0.1, 0.15) is 23.3 Å². The molecule has 0 bridgehead atoms. The Morgan fingerprint density at radius 2 is 1.79 bits per heavy atom. The van der Waals surface area contributed by atoms with Crippen LogP contribution in [0.15, 0.2) is 30.3 Å². The molecule has 2 N–H and O–H groups in total. The fourth-order valence-electron chi connectivity index (χ4n) is 3.79. The molecule has 6 heteroatoms. The predicted octanol–water partition coefficient (Wildman–Crippen LogP) is 2.29. The van der Waals surface area contributed by atoms with Crippen LogP contribution in [0.2, 0.25) is 0 Å². The summed E-state index contributed by atoms with van der Waals surface area (Å²) in [4.78, 5) is 14.7. The number of aromatic nitrogens is 2. The molecule has 2 saturated heterocycles. The number of nitrogens with zero attached hydrogens (tertiary/aromatic N) is 2. The van der Waals surface area contributed by atoms with Crippen LogP contribution in [0.5, 0.6) is 0 Å². The molecule has 1 aromatic heterocycles. The van der Waals surface area contributed by atoms with Gasteiger partial charge in [0.1, 0.15) is 11.5 Å². The van der Waals surface area contributed by atoms with Crippen molar-refractivity contribution in [3.8, 4) is 11.3 Å². The maximum Gasteiger partial charge on any atom is 0.271 e. The van der Waals surface area contributed by atoms with Gasteiger partial charge in [0.05, 0.1) is 5.69 Å². The van der Waals surface area contributed by atoms with Gasteiger partial charge in [-0.25, -0.2) is 4.39 Å². The second-order valence-corrected chi connectivity index (χ2v) is 6.72. The SMILES string of the molecule is O=C(c1cc(-c2ccc(F)cc2)n[nH]1)N1CC[C@@H]2CNC[C@@H]2CC1. The van der Waals surface area contributed by atoms with Crippen LogP contribution in [0, 0.1) is 17.7 Å². The number of hydrogen-bond acceptors (Lipinski definition) is 3. The first-order chi connectivity index (χ1) is 11.7. The molecule has 0 aliphatic carbocycles. The molecule has 2 aliphatic heterocycles. The molecular formula is C18H21FN4O. The molecule has 24 heavy (non-hydrogen) atoms. The minimum Gasteiger partial charge on any atom is -0.337 e. The summed E-state index contributed by atoms with van der Waals surface area (Å²) in [5.41, 5.74) is 1.96. The van der Waals surface area contributed by atoms with E-state index in [1.165, 1.54) is 12.1 Å². The van der Waals surface area contributed by atoms with Gasteiger partial charge < -0.3 is 10.2 Å². The van der Waals surface area contributed by atoms with Crippen LogP contribution in [0.3, 0.4) is 0 Å². The van der Waals surface area contributed by atoms with E-state index in [9.17, 15) is 9.18 Å². The Balaban J connectivity index is 1.47. The second kappa shape index (κ2) is 6.36. The normalized spacial score (nSPS) is 23.8. The zero-order chi connectivity index (χ0) is 16.5. The van der Waals surface area contributed by atoms with Gasteiger partial charge >= 0.3 is 0 Å². The minimum absolute atomic E-state index is 0.00351. The van der Waals surface area contributed by atoms with Crippen molar-refractivity contribution in [2.75, 3.05) is 26.2 Å². The molecule has 0 spiro atoms. The highest BCUT2D eigenvalue weighted by Gasteiger charge is 2.32. The number of carbonyl (C=O) groups is 1. The van der Waals surface area contributed by atoms with E-state index in [-0.39, 0.29) is 11.7 Å². The molecule has 1 aromatic carbocycles. The van der Waals surface area contributed by atoms with Gasteiger partial charge in [0.25, 0.3) is 5.91 Å². The molecule has 0 radical (unpaired) electrons. The lowest BCUT2D eigenvalue weighted by atomic mass is 9.92. The van der Waals surface area contributed by atoms with Gasteiger partial charge in [-0.15, -0.1) is 0 Å². The van der Waals surface area contributed by atoms with Gasteiger partial charge in [-0.05, 0) is 68.1 Å². The maximum absolute atomic E-state index is 13.0. The predicted molar refractivity (Wildman–Crippen MR) is 89.0 cm³/mol. The smallest absolute Gasteiger partial charge is 0.271 e. The highest BCUT2D eigenvalue weighted by Crippen LogP contribution is 2.28. The lowest BCUT2D eigenvalue weighted by molar-refractivity contribution is 0.0752. The molecule has 5 nitrogen and oxygen atoms in total. The van der Waals surface area contributed by atoms with Crippen molar-refractivity contribution in [3.63, 3.8) is 0 Å². The summed E-state index contributed by atoms with van der Waals surface area (Å²) in [6.07, 6.45) is 2.12. The van der Waals surface area contributed by atoms with Crippen molar-refractivity contribution >= 4 is 5.91 Å². The van der Waals surface area contributed by atoms with Gasteiger partial charge in [-0.1, -0.05) is 0 Å². The Kier molecular flexibility index (Phi) is 4.06. The molecule has 3 heterocycles. The van der Waals surface area contributed by atoms with Crippen LogP contribution >= 0.6 is 0 Å². The van der Waals surface area contributed by atoms with E-state index < -0.39 is 0 Å². The minimum atomic E-state index is -0.282. The van der Waals surface area contributed by atoms with Crippen molar-refractivity contribution in [3.05, 3.63) is 41.8 Å². The first-order valence-corrected chi connectivity index (χ1v) is 8.52. The molecule has 4 rings (SSSR count). The molecule has 2 aromatic rings. The van der Waals surface area contributed by atoms with E-state index in [2.05, 4.69) is 15.5 Å².